The van der Waals surface area contributed by atoms with Crippen LogP contribution in [0.25, 0.3) is 0 Å². The fraction of sp³-hybridized carbons (Fsp3) is 0.739. The van der Waals surface area contributed by atoms with Gasteiger partial charge in [0, 0.05) is 25.9 Å². The van der Waals surface area contributed by atoms with Gasteiger partial charge in [0.15, 0.2) is 0 Å². The summed E-state index contributed by atoms with van der Waals surface area (Å²) in [5.41, 5.74) is 5.10. The Bertz CT molecular complexity index is 749. The van der Waals surface area contributed by atoms with Gasteiger partial charge in [-0.25, -0.2) is 4.79 Å². The number of nitrogens with one attached hydrogen (secondary N) is 4. The first kappa shape index (κ1) is 28.4. The van der Waals surface area contributed by atoms with Crippen LogP contribution in [0.1, 0.15) is 25.7 Å². The Morgan fingerprint density at radius 2 is 1.29 bits per heavy atom. The molecule has 12 heteroatoms. The normalized spacial score (nSPS) is 20.1. The molecule has 0 unspecified atom stereocenters. The van der Waals surface area contributed by atoms with Gasteiger partial charge in [-0.15, -0.1) is 11.8 Å². The first-order valence-corrected chi connectivity index (χ1v) is 12.0. The molecule has 35 heavy (non-hydrogen) atoms. The third kappa shape index (κ3) is 12.4. The topological polar surface area (TPSA) is 170 Å². The van der Waals surface area contributed by atoms with Crippen LogP contribution in [0.2, 0.25) is 0 Å². The molecule has 4 amide bonds. The highest BCUT2D eigenvalue weighted by Crippen LogP contribution is 2.52. The molecule has 0 radical (unpaired) electrons. The summed E-state index contributed by atoms with van der Waals surface area (Å²) >= 11 is 0. The monoisotopic (exact) mass is 495 g/mol. The minimum Gasteiger partial charge on any atom is -0.449 e. The summed E-state index contributed by atoms with van der Waals surface area (Å²) in [5, 5.41) is 9.94. The van der Waals surface area contributed by atoms with Crippen molar-refractivity contribution in [1.29, 1.82) is 0 Å². The third-order valence-electron chi connectivity index (χ3n) is 5.78. The molecule has 2 aliphatic rings. The summed E-state index contributed by atoms with van der Waals surface area (Å²) in [6.07, 6.45) is 3.67. The van der Waals surface area contributed by atoms with Crippen LogP contribution in [-0.4, -0.2) is 89.6 Å². The van der Waals surface area contributed by atoms with E-state index in [1.165, 1.54) is 0 Å². The summed E-state index contributed by atoms with van der Waals surface area (Å²) in [4.78, 5) is 45.8. The van der Waals surface area contributed by atoms with Crippen LogP contribution >= 0.6 is 0 Å². The van der Waals surface area contributed by atoms with E-state index in [1.54, 1.807) is 0 Å². The third-order valence-corrected chi connectivity index (χ3v) is 5.78. The maximum absolute atomic E-state index is 11.8. The second kappa shape index (κ2) is 16.7. The van der Waals surface area contributed by atoms with Crippen LogP contribution in [0.4, 0.5) is 4.79 Å². The van der Waals surface area contributed by atoms with E-state index < -0.39 is 17.9 Å². The Kier molecular flexibility index (Phi) is 13.5. The molecule has 0 saturated heterocycles. The summed E-state index contributed by atoms with van der Waals surface area (Å²) in [7, 11) is 0. The molecule has 0 aromatic heterocycles. The fourth-order valence-corrected chi connectivity index (χ4v) is 3.87. The Morgan fingerprint density at radius 3 is 1.89 bits per heavy atom. The molecule has 0 aromatic carbocycles. The number of hydrogen-bond donors (Lipinski definition) is 5. The summed E-state index contributed by atoms with van der Waals surface area (Å²) in [6.45, 7) is 1.77. The maximum Gasteiger partial charge on any atom is 0.407 e. The molecule has 0 aromatic rings. The second-order valence-electron chi connectivity index (χ2n) is 8.28. The molecule has 2 aliphatic carbocycles. The number of alkyl carbamates (subject to hydrolysis) is 1. The molecule has 3 atom stereocenters. The predicted octanol–water partition coefficient (Wildman–Crippen LogP) is -1.51. The van der Waals surface area contributed by atoms with Crippen molar-refractivity contribution in [2.75, 3.05) is 65.8 Å². The van der Waals surface area contributed by atoms with Crippen LogP contribution < -0.4 is 27.0 Å². The van der Waals surface area contributed by atoms with Crippen LogP contribution in [0.3, 0.4) is 0 Å². The van der Waals surface area contributed by atoms with Gasteiger partial charge < -0.3 is 41.2 Å². The van der Waals surface area contributed by atoms with Gasteiger partial charge in [-0.2, -0.15) is 0 Å². The van der Waals surface area contributed by atoms with E-state index in [0.29, 0.717) is 50.7 Å². The van der Waals surface area contributed by atoms with Crippen LogP contribution in [0, 0.1) is 29.6 Å². The summed E-state index contributed by atoms with van der Waals surface area (Å²) in [6, 6.07) is 0. The van der Waals surface area contributed by atoms with E-state index in [9.17, 15) is 19.2 Å². The molecule has 1 fully saturated rings. The van der Waals surface area contributed by atoms with E-state index in [1.807, 2.05) is 0 Å². The number of carbonyl (C=O) groups is 4. The number of nitrogens with two attached hydrogens (primary N) is 1. The SMILES string of the molecule is NCC(=O)NCC(=O)NCC(=O)NCCOCCOCCNC(=O)OC[C@@H]1[C@@H]2CCC#CCC[C@@H]21. The Hall–Kier alpha value is -2.88. The number of amides is 4. The Morgan fingerprint density at radius 1 is 0.743 bits per heavy atom. The zero-order chi connectivity index (χ0) is 25.3. The van der Waals surface area contributed by atoms with Crippen molar-refractivity contribution >= 4 is 23.8 Å². The minimum atomic E-state index is -0.486. The molecular formula is C23H37N5O7. The summed E-state index contributed by atoms with van der Waals surface area (Å²) < 4.78 is 16.1. The van der Waals surface area contributed by atoms with Crippen molar-refractivity contribution in [3.63, 3.8) is 0 Å². The van der Waals surface area contributed by atoms with Gasteiger partial charge in [-0.1, -0.05) is 0 Å². The molecule has 196 valence electrons. The van der Waals surface area contributed by atoms with Gasteiger partial charge >= 0.3 is 6.09 Å². The highest BCUT2D eigenvalue weighted by Gasteiger charge is 2.49. The van der Waals surface area contributed by atoms with Crippen LogP contribution in [0.5, 0.6) is 0 Å². The van der Waals surface area contributed by atoms with Gasteiger partial charge in [-0.05, 0) is 30.6 Å². The van der Waals surface area contributed by atoms with Crippen LogP contribution in [-0.2, 0) is 28.6 Å². The lowest BCUT2D eigenvalue weighted by Gasteiger charge is -2.09. The molecule has 1 saturated carbocycles. The van der Waals surface area contributed by atoms with E-state index in [0.717, 1.165) is 25.7 Å². The standard InChI is InChI=1S/C23H37N5O7/c24-13-20(29)27-15-22(31)28-14-21(30)25-7-9-33-11-12-34-10-8-26-23(32)35-16-19-17-5-3-1-2-4-6-18(17)19/h17-19H,3-16,24H2,(H,25,30)(H,26,32)(H,27,29)(H,28,31)/t17-,18+,19-. The van der Waals surface area contributed by atoms with E-state index >= 15 is 0 Å². The van der Waals surface area contributed by atoms with Crippen molar-refractivity contribution in [3.05, 3.63) is 0 Å². The van der Waals surface area contributed by atoms with E-state index in [2.05, 4.69) is 33.1 Å². The van der Waals surface area contributed by atoms with Gasteiger partial charge in [-0.3, -0.25) is 14.4 Å². The van der Waals surface area contributed by atoms with Crippen molar-refractivity contribution in [3.8, 4) is 11.8 Å². The first-order chi connectivity index (χ1) is 17.0. The molecule has 6 N–H and O–H groups in total. The largest absolute Gasteiger partial charge is 0.449 e. The average molecular weight is 496 g/mol. The molecule has 2 rings (SSSR count). The quantitative estimate of drug-likeness (QED) is 0.127. The van der Waals surface area contributed by atoms with Gasteiger partial charge in [0.25, 0.3) is 0 Å². The molecule has 12 nitrogen and oxygen atoms in total. The number of rotatable bonds is 16. The Labute approximate surface area is 205 Å². The number of ether oxygens (including phenoxy) is 3. The highest BCUT2D eigenvalue weighted by atomic mass is 16.6. The molecule has 0 aliphatic heterocycles. The average Bonchev–Trinajstić information content (AvgIpc) is 3.49. The molecular weight excluding hydrogens is 458 g/mol. The zero-order valence-electron chi connectivity index (χ0n) is 20.1. The Balaban J connectivity index is 1.33. The van der Waals surface area contributed by atoms with Gasteiger partial charge in [0.2, 0.25) is 17.7 Å². The van der Waals surface area contributed by atoms with E-state index in [4.69, 9.17) is 19.9 Å². The second-order valence-corrected chi connectivity index (χ2v) is 8.28. The fourth-order valence-electron chi connectivity index (χ4n) is 3.87. The van der Waals surface area contributed by atoms with Gasteiger partial charge in [0.1, 0.15) is 0 Å². The highest BCUT2D eigenvalue weighted by molar-refractivity contribution is 5.88. The molecule has 0 bridgehead atoms. The molecule has 0 heterocycles. The summed E-state index contributed by atoms with van der Waals surface area (Å²) in [5.74, 6) is 6.80. The maximum atomic E-state index is 11.8. The van der Waals surface area contributed by atoms with Crippen molar-refractivity contribution in [2.24, 2.45) is 23.5 Å². The number of fused-ring (bicyclic) bond motifs is 1. The smallest absolute Gasteiger partial charge is 0.407 e. The number of hydrogen-bond acceptors (Lipinski definition) is 8. The van der Waals surface area contributed by atoms with Crippen LogP contribution in [0.15, 0.2) is 0 Å². The molecule has 0 spiro atoms. The predicted molar refractivity (Wildman–Crippen MR) is 126 cm³/mol. The lowest BCUT2D eigenvalue weighted by Crippen LogP contribution is -2.43. The zero-order valence-corrected chi connectivity index (χ0v) is 20.1. The van der Waals surface area contributed by atoms with E-state index in [-0.39, 0.29) is 38.7 Å². The first-order valence-electron chi connectivity index (χ1n) is 12.0. The minimum absolute atomic E-state index is 0.202. The van der Waals surface area contributed by atoms with Crippen molar-refractivity contribution < 1.29 is 33.4 Å². The van der Waals surface area contributed by atoms with Crippen molar-refractivity contribution in [2.45, 2.75) is 25.7 Å². The number of carbonyl (C=O) groups excluding carboxylic acids is 4. The lowest BCUT2D eigenvalue weighted by molar-refractivity contribution is -0.127. The van der Waals surface area contributed by atoms with Crippen molar-refractivity contribution in [1.82, 2.24) is 21.3 Å². The van der Waals surface area contributed by atoms with Gasteiger partial charge in [0.05, 0.1) is 52.7 Å². The lowest BCUT2D eigenvalue weighted by atomic mass is 10.1.